The number of esters is 1. The highest BCUT2D eigenvalue weighted by atomic mass is 16.5. The number of hydrogen-bond acceptors (Lipinski definition) is 6. The van der Waals surface area contributed by atoms with Crippen molar-refractivity contribution in [2.45, 2.75) is 60.0 Å². The van der Waals surface area contributed by atoms with E-state index in [-0.39, 0.29) is 31.0 Å². The second kappa shape index (κ2) is 13.1. The molecule has 0 fully saturated rings. The van der Waals surface area contributed by atoms with Crippen LogP contribution in [0.2, 0.25) is 0 Å². The third-order valence-electron chi connectivity index (χ3n) is 6.01. The van der Waals surface area contributed by atoms with Crippen LogP contribution in [0.3, 0.4) is 0 Å². The van der Waals surface area contributed by atoms with Crippen molar-refractivity contribution in [2.75, 3.05) is 26.3 Å². The molecule has 1 aromatic carbocycles. The quantitative estimate of drug-likeness (QED) is 0.431. The van der Waals surface area contributed by atoms with Crippen LogP contribution in [0.5, 0.6) is 5.88 Å². The molecule has 1 atom stereocenters. The van der Waals surface area contributed by atoms with Crippen LogP contribution in [-0.4, -0.2) is 53.2 Å². The van der Waals surface area contributed by atoms with Crippen LogP contribution in [0.1, 0.15) is 74.9 Å². The molecule has 1 unspecified atom stereocenters. The molecule has 0 aliphatic carbocycles. The molecule has 186 valence electrons. The molecular weight excluding hydrogens is 432 g/mol. The Labute approximate surface area is 203 Å². The van der Waals surface area contributed by atoms with Crippen molar-refractivity contribution in [1.82, 2.24) is 9.88 Å². The molecule has 2 aromatic rings. The standard InChI is InChI=1S/C27H38N2O5/c1-6-21(18-27(4,5)26(32)33-17-16-30)22-13-11-20(12-14-22)19-34-24-23(10-9-15-28-24)25(31)29(7-2)8-3/h9-15,21,30H,6-8,16-19H2,1-5H3. The fraction of sp³-hybridized carbons (Fsp3) is 0.519. The Morgan fingerprint density at radius 2 is 1.76 bits per heavy atom. The van der Waals surface area contributed by atoms with E-state index in [1.54, 1.807) is 23.2 Å². The highest BCUT2D eigenvalue weighted by Gasteiger charge is 2.32. The number of pyridine rings is 1. The van der Waals surface area contributed by atoms with Crippen molar-refractivity contribution >= 4 is 11.9 Å². The first-order chi connectivity index (χ1) is 16.3. The Morgan fingerprint density at radius 3 is 2.35 bits per heavy atom. The molecule has 0 radical (unpaired) electrons. The second-order valence-corrected chi connectivity index (χ2v) is 8.92. The van der Waals surface area contributed by atoms with E-state index in [1.807, 2.05) is 39.8 Å². The van der Waals surface area contributed by atoms with Gasteiger partial charge in [-0.2, -0.15) is 0 Å². The smallest absolute Gasteiger partial charge is 0.311 e. The number of aliphatic hydroxyl groups excluding tert-OH is 1. The molecule has 1 amide bonds. The Hall–Kier alpha value is -2.93. The number of nitrogens with zero attached hydrogens (tertiary/aromatic N) is 2. The van der Waals surface area contributed by atoms with Crippen LogP contribution in [0.25, 0.3) is 0 Å². The van der Waals surface area contributed by atoms with Crippen molar-refractivity contribution in [3.8, 4) is 5.88 Å². The molecule has 1 aromatic heterocycles. The minimum absolute atomic E-state index is 0.0201. The highest BCUT2D eigenvalue weighted by Crippen LogP contribution is 2.35. The van der Waals surface area contributed by atoms with E-state index in [0.717, 1.165) is 17.5 Å². The van der Waals surface area contributed by atoms with Crippen LogP contribution < -0.4 is 4.74 Å². The summed E-state index contributed by atoms with van der Waals surface area (Å²) in [7, 11) is 0. The molecule has 2 rings (SSSR count). The van der Waals surface area contributed by atoms with Crippen molar-refractivity contribution in [3.63, 3.8) is 0 Å². The zero-order valence-electron chi connectivity index (χ0n) is 21.0. The molecule has 0 aliphatic heterocycles. The minimum Gasteiger partial charge on any atom is -0.472 e. The van der Waals surface area contributed by atoms with Gasteiger partial charge in [-0.25, -0.2) is 4.98 Å². The third-order valence-corrected chi connectivity index (χ3v) is 6.01. The molecule has 1 heterocycles. The van der Waals surface area contributed by atoms with Gasteiger partial charge in [0, 0.05) is 19.3 Å². The molecule has 7 nitrogen and oxygen atoms in total. The van der Waals surface area contributed by atoms with E-state index < -0.39 is 5.41 Å². The summed E-state index contributed by atoms with van der Waals surface area (Å²) in [5.41, 5.74) is 1.92. The Morgan fingerprint density at radius 1 is 1.09 bits per heavy atom. The van der Waals surface area contributed by atoms with E-state index in [4.69, 9.17) is 14.6 Å². The highest BCUT2D eigenvalue weighted by molar-refractivity contribution is 5.96. The van der Waals surface area contributed by atoms with Gasteiger partial charge in [-0.3, -0.25) is 9.59 Å². The van der Waals surface area contributed by atoms with Crippen molar-refractivity contribution in [2.24, 2.45) is 5.41 Å². The Kier molecular flexibility index (Phi) is 10.5. The summed E-state index contributed by atoms with van der Waals surface area (Å²) in [6.45, 7) is 11.1. The third kappa shape index (κ3) is 7.29. The summed E-state index contributed by atoms with van der Waals surface area (Å²) >= 11 is 0. The molecule has 0 aliphatic rings. The van der Waals surface area contributed by atoms with Gasteiger partial charge >= 0.3 is 5.97 Å². The number of aromatic nitrogens is 1. The molecule has 0 bridgehead atoms. The van der Waals surface area contributed by atoms with Gasteiger partial charge in [0.25, 0.3) is 5.91 Å². The monoisotopic (exact) mass is 470 g/mol. The molecule has 34 heavy (non-hydrogen) atoms. The van der Waals surface area contributed by atoms with Crippen LogP contribution in [-0.2, 0) is 16.1 Å². The number of ether oxygens (including phenoxy) is 2. The lowest BCUT2D eigenvalue weighted by molar-refractivity contribution is -0.155. The normalized spacial score (nSPS) is 12.2. The van der Waals surface area contributed by atoms with Gasteiger partial charge in [-0.05, 0) is 69.7 Å². The molecule has 0 saturated heterocycles. The van der Waals surface area contributed by atoms with Gasteiger partial charge in [0.05, 0.1) is 12.0 Å². The van der Waals surface area contributed by atoms with Gasteiger partial charge in [0.2, 0.25) is 5.88 Å². The van der Waals surface area contributed by atoms with E-state index >= 15 is 0 Å². The first-order valence-electron chi connectivity index (χ1n) is 12.0. The Balaban J connectivity index is 2.07. The van der Waals surface area contributed by atoms with Crippen LogP contribution in [0, 0.1) is 5.41 Å². The first kappa shape index (κ1) is 27.3. The minimum atomic E-state index is -0.648. The fourth-order valence-corrected chi connectivity index (χ4v) is 3.92. The average Bonchev–Trinajstić information content (AvgIpc) is 2.85. The summed E-state index contributed by atoms with van der Waals surface area (Å²) < 4.78 is 11.1. The Bertz CT molecular complexity index is 923. The second-order valence-electron chi connectivity index (χ2n) is 8.92. The van der Waals surface area contributed by atoms with Crippen LogP contribution >= 0.6 is 0 Å². The van der Waals surface area contributed by atoms with Crippen LogP contribution in [0.15, 0.2) is 42.6 Å². The molecule has 7 heteroatoms. The SMILES string of the molecule is CCC(CC(C)(C)C(=O)OCCO)c1ccc(COc2ncccc2C(=O)N(CC)CC)cc1. The van der Waals surface area contributed by atoms with Gasteiger partial charge in [0.15, 0.2) is 0 Å². The van der Waals surface area contributed by atoms with E-state index in [1.165, 1.54) is 0 Å². The zero-order chi connectivity index (χ0) is 25.1. The summed E-state index contributed by atoms with van der Waals surface area (Å²) in [4.78, 5) is 31.1. The number of aliphatic hydroxyl groups is 1. The predicted octanol–water partition coefficient (Wildman–Crippen LogP) is 4.59. The number of amides is 1. The van der Waals surface area contributed by atoms with Gasteiger partial charge < -0.3 is 19.5 Å². The lowest BCUT2D eigenvalue weighted by Gasteiger charge is -2.27. The maximum Gasteiger partial charge on any atom is 0.311 e. The van der Waals surface area contributed by atoms with Crippen LogP contribution in [0.4, 0.5) is 0 Å². The molecule has 1 N–H and O–H groups in total. The lowest BCUT2D eigenvalue weighted by Crippen LogP contribution is -2.30. The molecule has 0 spiro atoms. The largest absolute Gasteiger partial charge is 0.472 e. The van der Waals surface area contributed by atoms with Gasteiger partial charge in [0.1, 0.15) is 18.8 Å². The number of carbonyl (C=O) groups excluding carboxylic acids is 2. The first-order valence-corrected chi connectivity index (χ1v) is 12.0. The zero-order valence-corrected chi connectivity index (χ0v) is 21.0. The van der Waals surface area contributed by atoms with Gasteiger partial charge in [-0.15, -0.1) is 0 Å². The molecular formula is C27H38N2O5. The predicted molar refractivity (Wildman–Crippen MR) is 132 cm³/mol. The molecule has 0 saturated carbocycles. The summed E-state index contributed by atoms with van der Waals surface area (Å²) in [5.74, 6) is 0.142. The van der Waals surface area contributed by atoms with Crippen molar-refractivity contribution in [1.29, 1.82) is 0 Å². The maximum atomic E-state index is 12.8. The maximum absolute atomic E-state index is 12.8. The number of rotatable bonds is 13. The lowest BCUT2D eigenvalue weighted by atomic mass is 9.78. The van der Waals surface area contributed by atoms with Crippen molar-refractivity contribution in [3.05, 3.63) is 59.3 Å². The summed E-state index contributed by atoms with van der Waals surface area (Å²) in [5, 5.41) is 8.91. The van der Waals surface area contributed by atoms with Gasteiger partial charge in [-0.1, -0.05) is 31.2 Å². The summed E-state index contributed by atoms with van der Waals surface area (Å²) in [6.07, 6.45) is 3.16. The number of carbonyl (C=O) groups is 2. The van der Waals surface area contributed by atoms with Crippen molar-refractivity contribution < 1.29 is 24.2 Å². The summed E-state index contributed by atoms with van der Waals surface area (Å²) in [6, 6.07) is 11.6. The number of hydrogen-bond donors (Lipinski definition) is 1. The van der Waals surface area contributed by atoms with E-state index in [9.17, 15) is 9.59 Å². The topological polar surface area (TPSA) is 89.0 Å². The number of benzene rings is 1. The fourth-order valence-electron chi connectivity index (χ4n) is 3.92. The average molecular weight is 471 g/mol. The van der Waals surface area contributed by atoms with E-state index in [2.05, 4.69) is 24.0 Å². The van der Waals surface area contributed by atoms with E-state index in [0.29, 0.717) is 37.6 Å².